The number of hydrazine groups is 1. The van der Waals surface area contributed by atoms with Gasteiger partial charge in [-0.05, 0) is 61.4 Å². The number of hydrogen-bond donors (Lipinski definition) is 3. The lowest BCUT2D eigenvalue weighted by molar-refractivity contribution is -0.139. The van der Waals surface area contributed by atoms with E-state index >= 15 is 0 Å². The molecule has 1 aliphatic heterocycles. The second kappa shape index (κ2) is 9.83. The monoisotopic (exact) mass is 481 g/mol. The normalized spacial score (nSPS) is 18.7. The first-order valence-corrected chi connectivity index (χ1v) is 11.5. The van der Waals surface area contributed by atoms with Gasteiger partial charge in [-0.1, -0.05) is 24.3 Å². The Hall–Kier alpha value is -4.79. The van der Waals surface area contributed by atoms with Gasteiger partial charge in [-0.2, -0.15) is 0 Å². The molecule has 180 valence electrons. The predicted molar refractivity (Wildman–Crippen MR) is 134 cm³/mol. The maximum Gasteiger partial charge on any atom is 0.255 e. The molecule has 0 bridgehead atoms. The fourth-order valence-electron chi connectivity index (χ4n) is 4.35. The standard InChI is InChI=1S/C27H23N5O4/c33-24(17-11-13-28-14-12-17)29-19-6-4-7-20(16-19)30-25(34)18-5-3-8-21(15-18)32-27(36)23-10-2-1-9-22(23)26(35)31-32/h1-8,11-16,22-23H,9-10H2,(H,29,33)(H,30,34)(H,31,35)/t22-,23-/m0/s1. The van der Waals surface area contributed by atoms with Gasteiger partial charge in [0.15, 0.2) is 0 Å². The average Bonchev–Trinajstić information content (AvgIpc) is 2.91. The van der Waals surface area contributed by atoms with Crippen LogP contribution in [0.2, 0.25) is 0 Å². The molecule has 3 aromatic rings. The molecule has 9 heteroatoms. The molecule has 1 aliphatic carbocycles. The van der Waals surface area contributed by atoms with Crippen LogP contribution >= 0.6 is 0 Å². The number of hydrogen-bond acceptors (Lipinski definition) is 5. The minimum absolute atomic E-state index is 0.195. The van der Waals surface area contributed by atoms with Gasteiger partial charge in [0.1, 0.15) is 0 Å². The summed E-state index contributed by atoms with van der Waals surface area (Å²) in [5.74, 6) is -1.87. The van der Waals surface area contributed by atoms with Crippen LogP contribution in [0.5, 0.6) is 0 Å². The van der Waals surface area contributed by atoms with Crippen LogP contribution in [-0.4, -0.2) is 28.6 Å². The molecule has 2 atom stereocenters. The second-order valence-corrected chi connectivity index (χ2v) is 8.58. The predicted octanol–water partition coefficient (Wildman–Crippen LogP) is 3.55. The Balaban J connectivity index is 1.29. The molecular formula is C27H23N5O4. The van der Waals surface area contributed by atoms with Crippen molar-refractivity contribution in [3.05, 3.63) is 96.3 Å². The van der Waals surface area contributed by atoms with E-state index in [1.165, 1.54) is 17.4 Å². The molecule has 9 nitrogen and oxygen atoms in total. The highest BCUT2D eigenvalue weighted by atomic mass is 16.2. The summed E-state index contributed by atoms with van der Waals surface area (Å²) in [6.45, 7) is 0. The molecule has 0 spiro atoms. The molecule has 2 aliphatic rings. The first kappa shape index (κ1) is 23.0. The van der Waals surface area contributed by atoms with Gasteiger partial charge in [-0.25, -0.2) is 5.01 Å². The number of carbonyl (C=O) groups is 4. The number of pyridine rings is 1. The third kappa shape index (κ3) is 4.72. The van der Waals surface area contributed by atoms with E-state index < -0.39 is 11.8 Å². The van der Waals surface area contributed by atoms with Gasteiger partial charge >= 0.3 is 0 Å². The van der Waals surface area contributed by atoms with Gasteiger partial charge in [0.05, 0.1) is 17.5 Å². The number of nitrogens with one attached hydrogen (secondary N) is 3. The zero-order chi connectivity index (χ0) is 25.1. The van der Waals surface area contributed by atoms with Crippen molar-refractivity contribution in [3.63, 3.8) is 0 Å². The summed E-state index contributed by atoms with van der Waals surface area (Å²) in [5, 5.41) is 6.83. The van der Waals surface area contributed by atoms with E-state index in [2.05, 4.69) is 21.0 Å². The summed E-state index contributed by atoms with van der Waals surface area (Å²) < 4.78 is 0. The second-order valence-electron chi connectivity index (χ2n) is 8.58. The summed E-state index contributed by atoms with van der Waals surface area (Å²) in [5.41, 5.74) is 4.86. The van der Waals surface area contributed by atoms with Crippen LogP contribution in [0.4, 0.5) is 17.1 Å². The Bertz CT molecular complexity index is 1370. The molecule has 1 fully saturated rings. The topological polar surface area (TPSA) is 120 Å². The molecule has 0 unspecified atom stereocenters. The molecule has 4 amide bonds. The molecule has 2 heterocycles. The zero-order valence-electron chi connectivity index (χ0n) is 19.2. The van der Waals surface area contributed by atoms with Crippen LogP contribution in [0, 0.1) is 11.8 Å². The summed E-state index contributed by atoms with van der Waals surface area (Å²) in [6, 6.07) is 16.5. The number of anilines is 3. The molecule has 2 aromatic carbocycles. The number of amides is 4. The number of allylic oxidation sites excluding steroid dienone is 2. The van der Waals surface area contributed by atoms with Crippen molar-refractivity contribution in [3.8, 4) is 0 Å². The number of carbonyl (C=O) groups excluding carboxylic acids is 4. The van der Waals surface area contributed by atoms with Gasteiger partial charge in [0.25, 0.3) is 11.8 Å². The number of rotatable bonds is 5. The molecule has 3 N–H and O–H groups in total. The van der Waals surface area contributed by atoms with Gasteiger partial charge in [-0.15, -0.1) is 0 Å². The van der Waals surface area contributed by atoms with Crippen LogP contribution < -0.4 is 21.1 Å². The number of aromatic nitrogens is 1. The van der Waals surface area contributed by atoms with Crippen LogP contribution in [-0.2, 0) is 9.59 Å². The lowest BCUT2D eigenvalue weighted by atomic mass is 9.80. The molecule has 1 aromatic heterocycles. The highest BCUT2D eigenvalue weighted by Crippen LogP contribution is 2.32. The van der Waals surface area contributed by atoms with Crippen LogP contribution in [0.15, 0.2) is 85.2 Å². The Labute approximate surface area is 207 Å². The molecule has 0 radical (unpaired) electrons. The van der Waals surface area contributed by atoms with Crippen molar-refractivity contribution in [1.29, 1.82) is 0 Å². The fraction of sp³-hybridized carbons (Fsp3) is 0.148. The van der Waals surface area contributed by atoms with Crippen molar-refractivity contribution in [2.24, 2.45) is 11.8 Å². The Morgan fingerprint density at radius 3 is 2.17 bits per heavy atom. The summed E-state index contributed by atoms with van der Waals surface area (Å²) in [4.78, 5) is 54.9. The van der Waals surface area contributed by atoms with Gasteiger partial charge in [-0.3, -0.25) is 29.6 Å². The SMILES string of the molecule is O=C(Nc1cccc(NC(=O)c2cccc(N3NC(=O)[C@H]4CC=CC[C@@H]4C3=O)c2)c1)c1ccncc1. The zero-order valence-corrected chi connectivity index (χ0v) is 19.2. The largest absolute Gasteiger partial charge is 0.322 e. The van der Waals surface area contributed by atoms with Crippen molar-refractivity contribution < 1.29 is 19.2 Å². The number of fused-ring (bicyclic) bond motifs is 1. The highest BCUT2D eigenvalue weighted by Gasteiger charge is 2.42. The molecule has 0 saturated carbocycles. The van der Waals surface area contributed by atoms with Crippen LogP contribution in [0.3, 0.4) is 0 Å². The maximum atomic E-state index is 13.0. The highest BCUT2D eigenvalue weighted by molar-refractivity contribution is 6.08. The Morgan fingerprint density at radius 2 is 1.44 bits per heavy atom. The average molecular weight is 482 g/mol. The number of benzene rings is 2. The molecule has 1 saturated heterocycles. The fourth-order valence-corrected chi connectivity index (χ4v) is 4.35. The van der Waals surface area contributed by atoms with Crippen molar-refractivity contribution in [2.45, 2.75) is 12.8 Å². The van der Waals surface area contributed by atoms with Crippen molar-refractivity contribution in [2.75, 3.05) is 15.6 Å². The molecular weight excluding hydrogens is 458 g/mol. The van der Waals surface area contributed by atoms with Gasteiger partial charge in [0.2, 0.25) is 11.8 Å². The minimum atomic E-state index is -0.411. The van der Waals surface area contributed by atoms with E-state index in [4.69, 9.17) is 0 Å². The summed E-state index contributed by atoms with van der Waals surface area (Å²) >= 11 is 0. The third-order valence-corrected chi connectivity index (χ3v) is 6.22. The summed E-state index contributed by atoms with van der Waals surface area (Å²) in [7, 11) is 0. The van der Waals surface area contributed by atoms with E-state index in [1.807, 2.05) is 12.2 Å². The minimum Gasteiger partial charge on any atom is -0.322 e. The molecule has 36 heavy (non-hydrogen) atoms. The first-order chi connectivity index (χ1) is 17.5. The Morgan fingerprint density at radius 1 is 0.806 bits per heavy atom. The van der Waals surface area contributed by atoms with E-state index in [1.54, 1.807) is 60.7 Å². The first-order valence-electron chi connectivity index (χ1n) is 11.5. The van der Waals surface area contributed by atoms with Gasteiger partial charge in [0, 0.05) is 34.9 Å². The molecule has 5 rings (SSSR count). The lowest BCUT2D eigenvalue weighted by Gasteiger charge is -2.38. The van der Waals surface area contributed by atoms with Crippen LogP contribution in [0.25, 0.3) is 0 Å². The Kier molecular flexibility index (Phi) is 6.27. The third-order valence-electron chi connectivity index (χ3n) is 6.22. The number of nitrogens with zero attached hydrogens (tertiary/aromatic N) is 2. The van der Waals surface area contributed by atoms with E-state index in [-0.39, 0.29) is 23.6 Å². The van der Waals surface area contributed by atoms with Gasteiger partial charge < -0.3 is 10.6 Å². The maximum absolute atomic E-state index is 13.0. The smallest absolute Gasteiger partial charge is 0.255 e. The van der Waals surface area contributed by atoms with Crippen molar-refractivity contribution in [1.82, 2.24) is 10.4 Å². The lowest BCUT2D eigenvalue weighted by Crippen LogP contribution is -2.59. The summed E-state index contributed by atoms with van der Waals surface area (Å²) in [6.07, 6.45) is 7.98. The van der Waals surface area contributed by atoms with Crippen LogP contribution in [0.1, 0.15) is 33.6 Å². The van der Waals surface area contributed by atoms with E-state index in [0.29, 0.717) is 41.0 Å². The van der Waals surface area contributed by atoms with E-state index in [0.717, 1.165) is 0 Å². The quantitative estimate of drug-likeness (QED) is 0.482. The van der Waals surface area contributed by atoms with Crippen molar-refractivity contribution >= 4 is 40.7 Å². The van der Waals surface area contributed by atoms with E-state index in [9.17, 15) is 19.2 Å².